The van der Waals surface area contributed by atoms with Crippen LogP contribution in [-0.4, -0.2) is 43.6 Å². The molecule has 1 aliphatic heterocycles. The van der Waals surface area contributed by atoms with E-state index in [1.807, 2.05) is 48.4 Å². The predicted molar refractivity (Wildman–Crippen MR) is 112 cm³/mol. The number of ether oxygens (including phenoxy) is 1. The maximum Gasteiger partial charge on any atom is 0.275 e. The van der Waals surface area contributed by atoms with Gasteiger partial charge in [-0.1, -0.05) is 30.3 Å². The van der Waals surface area contributed by atoms with E-state index in [0.717, 1.165) is 24.1 Å². The Bertz CT molecular complexity index is 1130. The van der Waals surface area contributed by atoms with Gasteiger partial charge in [0, 0.05) is 19.3 Å². The number of nitrogens with zero attached hydrogens (tertiary/aromatic N) is 4. The lowest BCUT2D eigenvalue weighted by molar-refractivity contribution is -0.0723. The van der Waals surface area contributed by atoms with E-state index in [2.05, 4.69) is 4.98 Å². The molecule has 7 nitrogen and oxygen atoms in total. The second-order valence-corrected chi connectivity index (χ2v) is 7.96. The minimum atomic E-state index is -0.164. The minimum Gasteiger partial charge on any atom is -0.371 e. The number of hydrogen-bond donors (Lipinski definition) is 0. The number of benzene rings is 1. The fraction of sp³-hybridized carbons (Fsp3) is 0.348. The van der Waals surface area contributed by atoms with Gasteiger partial charge in [0.25, 0.3) is 11.5 Å². The van der Waals surface area contributed by atoms with Crippen molar-refractivity contribution in [2.24, 2.45) is 0 Å². The van der Waals surface area contributed by atoms with Gasteiger partial charge in [0.15, 0.2) is 0 Å². The molecule has 7 heteroatoms. The van der Waals surface area contributed by atoms with Crippen LogP contribution in [0.15, 0.2) is 59.8 Å². The molecule has 2 atom stereocenters. The van der Waals surface area contributed by atoms with Gasteiger partial charge in [-0.05, 0) is 37.5 Å². The second kappa shape index (κ2) is 7.57. The number of hydrogen-bond acceptors (Lipinski definition) is 4. The van der Waals surface area contributed by atoms with E-state index in [1.54, 1.807) is 27.6 Å². The maximum atomic E-state index is 13.2. The fourth-order valence-electron chi connectivity index (χ4n) is 4.28. The summed E-state index contributed by atoms with van der Waals surface area (Å²) < 4.78 is 9.39. The summed E-state index contributed by atoms with van der Waals surface area (Å²) >= 11 is 0. The summed E-state index contributed by atoms with van der Waals surface area (Å²) in [7, 11) is 0. The number of carbonyl (C=O) groups is 1. The van der Waals surface area contributed by atoms with Crippen LogP contribution in [0.3, 0.4) is 0 Å². The van der Waals surface area contributed by atoms with Gasteiger partial charge in [-0.3, -0.25) is 9.59 Å². The number of fused-ring (bicyclic) bond motifs is 1. The normalized spacial score (nSPS) is 20.7. The molecular weight excluding hydrogens is 380 g/mol. The molecule has 0 radical (unpaired) electrons. The topological polar surface area (TPSA) is 69.4 Å². The van der Waals surface area contributed by atoms with Crippen molar-refractivity contribution < 1.29 is 9.53 Å². The van der Waals surface area contributed by atoms with Crippen LogP contribution < -0.4 is 5.56 Å². The third-order valence-electron chi connectivity index (χ3n) is 6.07. The van der Waals surface area contributed by atoms with Gasteiger partial charge in [-0.15, -0.1) is 0 Å². The molecule has 0 unspecified atom stereocenters. The Morgan fingerprint density at radius 2 is 1.90 bits per heavy atom. The number of amides is 1. The zero-order valence-corrected chi connectivity index (χ0v) is 16.9. The lowest BCUT2D eigenvalue weighted by Crippen LogP contribution is -2.57. The zero-order chi connectivity index (χ0) is 20.7. The van der Waals surface area contributed by atoms with Crippen molar-refractivity contribution in [2.45, 2.75) is 45.1 Å². The molecule has 154 valence electrons. The summed E-state index contributed by atoms with van der Waals surface area (Å²) in [4.78, 5) is 32.2. The highest BCUT2D eigenvalue weighted by molar-refractivity contribution is 5.93. The van der Waals surface area contributed by atoms with Gasteiger partial charge >= 0.3 is 0 Å². The van der Waals surface area contributed by atoms with Crippen molar-refractivity contribution in [1.82, 2.24) is 19.0 Å². The van der Waals surface area contributed by atoms with E-state index in [4.69, 9.17) is 4.74 Å². The molecule has 1 fully saturated rings. The first-order valence-corrected chi connectivity index (χ1v) is 10.3. The average molecular weight is 404 g/mol. The van der Waals surface area contributed by atoms with Gasteiger partial charge in [-0.2, -0.15) is 0 Å². The molecule has 3 heterocycles. The Morgan fingerprint density at radius 3 is 2.60 bits per heavy atom. The van der Waals surface area contributed by atoms with Crippen LogP contribution in [0.4, 0.5) is 0 Å². The van der Waals surface area contributed by atoms with E-state index in [0.29, 0.717) is 31.1 Å². The van der Waals surface area contributed by atoms with Crippen molar-refractivity contribution in [3.8, 4) is 5.69 Å². The third kappa shape index (κ3) is 3.25. The molecule has 0 spiro atoms. The minimum absolute atomic E-state index is 0.0422. The lowest BCUT2D eigenvalue weighted by atomic mass is 9.86. The third-order valence-corrected chi connectivity index (χ3v) is 6.07. The largest absolute Gasteiger partial charge is 0.371 e. The summed E-state index contributed by atoms with van der Waals surface area (Å²) in [6.45, 7) is 3.44. The average Bonchev–Trinajstić information content (AvgIpc) is 3.16. The smallest absolute Gasteiger partial charge is 0.275 e. The highest BCUT2D eigenvalue weighted by Crippen LogP contribution is 2.31. The van der Waals surface area contributed by atoms with Crippen LogP contribution in [0.5, 0.6) is 0 Å². The van der Waals surface area contributed by atoms with Gasteiger partial charge in [0.1, 0.15) is 11.4 Å². The van der Waals surface area contributed by atoms with Crippen molar-refractivity contribution in [3.05, 3.63) is 82.3 Å². The van der Waals surface area contributed by atoms with Crippen molar-refractivity contribution in [3.63, 3.8) is 0 Å². The van der Waals surface area contributed by atoms with Crippen LogP contribution in [0.1, 0.15) is 34.6 Å². The van der Waals surface area contributed by atoms with E-state index in [9.17, 15) is 9.59 Å². The molecule has 2 aromatic heterocycles. The first kappa shape index (κ1) is 18.8. The summed E-state index contributed by atoms with van der Waals surface area (Å²) in [6.07, 6.45) is 5.36. The van der Waals surface area contributed by atoms with Gasteiger partial charge in [-0.25, -0.2) is 4.98 Å². The van der Waals surface area contributed by atoms with Gasteiger partial charge in [0.05, 0.1) is 30.8 Å². The highest BCUT2D eigenvalue weighted by atomic mass is 16.5. The first-order valence-electron chi connectivity index (χ1n) is 10.3. The van der Waals surface area contributed by atoms with Crippen LogP contribution >= 0.6 is 0 Å². The SMILES string of the molecule is Cc1cn(-c2ccc3n(c2=O)CCN([C@@H]2CC[C@@H]2OCc2ccccc2)C3=O)cn1. The zero-order valence-electron chi connectivity index (χ0n) is 16.9. The number of rotatable bonds is 5. The standard InChI is InChI=1S/C23H24N4O3/c1-16-13-25(15-24-16)19-7-8-20-23(29)26(11-12-27(20)22(19)28)18-9-10-21(18)30-14-17-5-3-2-4-6-17/h2-8,13,15,18,21H,9-12,14H2,1H3/t18-,21+/m1/s1. The molecule has 0 saturated heterocycles. The Morgan fingerprint density at radius 1 is 1.07 bits per heavy atom. The predicted octanol–water partition coefficient (Wildman–Crippen LogP) is 2.55. The molecule has 5 rings (SSSR count). The van der Waals surface area contributed by atoms with Crippen LogP contribution in [0.25, 0.3) is 5.69 Å². The molecule has 1 amide bonds. The molecule has 30 heavy (non-hydrogen) atoms. The summed E-state index contributed by atoms with van der Waals surface area (Å²) in [5.74, 6) is -0.0928. The Hall–Kier alpha value is -3.19. The van der Waals surface area contributed by atoms with Crippen LogP contribution in [0.2, 0.25) is 0 Å². The molecule has 1 saturated carbocycles. The quantitative estimate of drug-likeness (QED) is 0.655. The molecule has 1 aliphatic carbocycles. The molecule has 0 N–H and O–H groups in total. The molecule has 1 aromatic carbocycles. The number of pyridine rings is 1. The summed E-state index contributed by atoms with van der Waals surface area (Å²) in [5.41, 5.74) is 2.76. The lowest BCUT2D eigenvalue weighted by Gasteiger charge is -2.45. The highest BCUT2D eigenvalue weighted by Gasteiger charge is 2.41. The molecule has 0 bridgehead atoms. The Kier molecular flexibility index (Phi) is 4.75. The van der Waals surface area contributed by atoms with E-state index in [1.165, 1.54) is 0 Å². The Labute approximate surface area is 174 Å². The Balaban J connectivity index is 1.33. The number of carbonyl (C=O) groups excluding carboxylic acids is 1. The first-order chi connectivity index (χ1) is 14.6. The monoisotopic (exact) mass is 404 g/mol. The van der Waals surface area contributed by atoms with E-state index >= 15 is 0 Å². The van der Waals surface area contributed by atoms with E-state index < -0.39 is 0 Å². The number of imidazole rings is 1. The van der Waals surface area contributed by atoms with Crippen molar-refractivity contribution in [1.29, 1.82) is 0 Å². The van der Waals surface area contributed by atoms with Gasteiger partial charge < -0.3 is 18.8 Å². The molecule has 2 aliphatic rings. The van der Waals surface area contributed by atoms with Crippen LogP contribution in [0, 0.1) is 6.92 Å². The molecular formula is C23H24N4O3. The molecule has 3 aromatic rings. The van der Waals surface area contributed by atoms with Crippen molar-refractivity contribution in [2.75, 3.05) is 6.54 Å². The van der Waals surface area contributed by atoms with E-state index in [-0.39, 0.29) is 23.6 Å². The number of aryl methyl sites for hydroxylation is 1. The summed E-state index contributed by atoms with van der Waals surface area (Å²) in [6, 6.07) is 13.6. The van der Waals surface area contributed by atoms with Crippen molar-refractivity contribution >= 4 is 5.91 Å². The second-order valence-electron chi connectivity index (χ2n) is 7.96. The number of aromatic nitrogens is 3. The maximum absolute atomic E-state index is 13.2. The fourth-order valence-corrected chi connectivity index (χ4v) is 4.28. The summed E-state index contributed by atoms with van der Waals surface area (Å²) in [5, 5.41) is 0. The van der Waals surface area contributed by atoms with Gasteiger partial charge in [0.2, 0.25) is 0 Å². The van der Waals surface area contributed by atoms with Crippen LogP contribution in [-0.2, 0) is 17.9 Å².